The van der Waals surface area contributed by atoms with Gasteiger partial charge in [-0.05, 0) is 23.8 Å². The normalized spacial score (nSPS) is 11.4. The Labute approximate surface area is 106 Å². The van der Waals surface area contributed by atoms with E-state index in [-0.39, 0.29) is 0 Å². The third-order valence-corrected chi connectivity index (χ3v) is 2.08. The minimum Gasteiger partial charge on any atom is -0.346 e. The van der Waals surface area contributed by atoms with Gasteiger partial charge in [0.1, 0.15) is 6.54 Å². The Morgan fingerprint density at radius 2 is 1.76 bits per heavy atom. The van der Waals surface area contributed by atoms with E-state index in [1.807, 2.05) is 0 Å². The third kappa shape index (κ3) is 5.79. The fourth-order valence-electron chi connectivity index (χ4n) is 1.05. The molecule has 7 heteroatoms. The average Bonchev–Trinajstić information content (AvgIpc) is 2.11. The van der Waals surface area contributed by atoms with Crippen LogP contribution in [0.25, 0.3) is 0 Å². The Hall–Kier alpha value is -0.940. The average molecular weight is 285 g/mol. The SMILES string of the molecule is O=C([CH]c1cc(Cl)cc(Cl)c1)NCC(F)(F)F. The lowest BCUT2D eigenvalue weighted by Crippen LogP contribution is -2.33. The highest BCUT2D eigenvalue weighted by Gasteiger charge is 2.27. The maximum absolute atomic E-state index is 11.8. The van der Waals surface area contributed by atoms with Gasteiger partial charge in [0.25, 0.3) is 0 Å². The van der Waals surface area contributed by atoms with Crippen LogP contribution in [-0.2, 0) is 4.79 Å². The molecule has 1 aromatic carbocycles. The lowest BCUT2D eigenvalue weighted by molar-refractivity contribution is -0.136. The van der Waals surface area contributed by atoms with E-state index >= 15 is 0 Å². The minimum absolute atomic E-state index is 0.298. The molecule has 0 atom stereocenters. The van der Waals surface area contributed by atoms with Gasteiger partial charge in [-0.15, -0.1) is 0 Å². The van der Waals surface area contributed by atoms with Crippen molar-refractivity contribution in [2.75, 3.05) is 6.54 Å². The monoisotopic (exact) mass is 284 g/mol. The molecule has 93 valence electrons. The van der Waals surface area contributed by atoms with Crippen LogP contribution in [0.2, 0.25) is 10.0 Å². The van der Waals surface area contributed by atoms with Gasteiger partial charge in [0, 0.05) is 10.0 Å². The van der Waals surface area contributed by atoms with Gasteiger partial charge >= 0.3 is 6.18 Å². The van der Waals surface area contributed by atoms with Crippen LogP contribution < -0.4 is 5.32 Å². The van der Waals surface area contributed by atoms with Gasteiger partial charge in [-0.2, -0.15) is 13.2 Å². The van der Waals surface area contributed by atoms with Gasteiger partial charge in [0.05, 0.1) is 6.42 Å². The summed E-state index contributed by atoms with van der Waals surface area (Å²) in [4.78, 5) is 11.1. The quantitative estimate of drug-likeness (QED) is 0.907. The summed E-state index contributed by atoms with van der Waals surface area (Å²) in [5.74, 6) is -0.861. The van der Waals surface area contributed by atoms with Crippen molar-refractivity contribution >= 4 is 29.1 Å². The van der Waals surface area contributed by atoms with E-state index in [1.165, 1.54) is 18.2 Å². The first-order valence-electron chi connectivity index (χ1n) is 4.42. The Morgan fingerprint density at radius 1 is 1.24 bits per heavy atom. The third-order valence-electron chi connectivity index (χ3n) is 1.65. The van der Waals surface area contributed by atoms with E-state index in [2.05, 4.69) is 0 Å². The van der Waals surface area contributed by atoms with Gasteiger partial charge in [0.2, 0.25) is 5.91 Å². The fraction of sp³-hybridized carbons (Fsp3) is 0.200. The van der Waals surface area contributed by atoms with Crippen LogP contribution in [0.1, 0.15) is 5.56 Å². The van der Waals surface area contributed by atoms with Crippen molar-refractivity contribution in [1.82, 2.24) is 5.32 Å². The molecule has 0 fully saturated rings. The molecule has 1 rings (SSSR count). The van der Waals surface area contributed by atoms with Gasteiger partial charge in [0.15, 0.2) is 0 Å². The van der Waals surface area contributed by atoms with E-state index in [4.69, 9.17) is 23.2 Å². The zero-order valence-corrected chi connectivity index (χ0v) is 9.83. The first kappa shape index (κ1) is 14.1. The second kappa shape index (κ2) is 5.60. The second-order valence-corrected chi connectivity index (χ2v) is 4.05. The molecule has 17 heavy (non-hydrogen) atoms. The maximum atomic E-state index is 11.8. The summed E-state index contributed by atoms with van der Waals surface area (Å²) in [6.45, 7) is -1.38. The van der Waals surface area contributed by atoms with E-state index in [0.717, 1.165) is 6.42 Å². The van der Waals surface area contributed by atoms with Crippen LogP contribution >= 0.6 is 23.2 Å². The number of benzene rings is 1. The van der Waals surface area contributed by atoms with Crippen molar-refractivity contribution in [3.05, 3.63) is 40.2 Å². The molecule has 1 radical (unpaired) electrons. The number of halogens is 5. The molecule has 1 amide bonds. The zero-order chi connectivity index (χ0) is 13.1. The predicted octanol–water partition coefficient (Wildman–Crippen LogP) is 3.22. The molecular formula is C10H7Cl2F3NO. The van der Waals surface area contributed by atoms with E-state index < -0.39 is 18.6 Å². The number of hydrogen-bond acceptors (Lipinski definition) is 1. The van der Waals surface area contributed by atoms with E-state index in [0.29, 0.717) is 15.6 Å². The molecule has 0 saturated heterocycles. The molecule has 0 bridgehead atoms. The lowest BCUT2D eigenvalue weighted by Gasteiger charge is -2.08. The number of alkyl halides is 3. The molecule has 0 spiro atoms. The highest BCUT2D eigenvalue weighted by molar-refractivity contribution is 6.34. The summed E-state index contributed by atoms with van der Waals surface area (Å²) in [6.07, 6.45) is -3.45. The van der Waals surface area contributed by atoms with Crippen molar-refractivity contribution in [3.63, 3.8) is 0 Å². The molecule has 0 saturated carbocycles. The van der Waals surface area contributed by atoms with Crippen LogP contribution in [0, 0.1) is 6.42 Å². The summed E-state index contributed by atoms with van der Waals surface area (Å²) in [7, 11) is 0. The molecule has 0 aromatic heterocycles. The van der Waals surface area contributed by atoms with Gasteiger partial charge in [-0.25, -0.2) is 0 Å². The summed E-state index contributed by atoms with van der Waals surface area (Å²) >= 11 is 11.3. The molecule has 0 aliphatic heterocycles. The maximum Gasteiger partial charge on any atom is 0.405 e. The van der Waals surface area contributed by atoms with Crippen LogP contribution in [-0.4, -0.2) is 18.6 Å². The topological polar surface area (TPSA) is 29.1 Å². The summed E-state index contributed by atoms with van der Waals surface area (Å²) in [5, 5.41) is 2.30. The number of amides is 1. The Morgan fingerprint density at radius 3 is 2.24 bits per heavy atom. The van der Waals surface area contributed by atoms with E-state index in [9.17, 15) is 18.0 Å². The van der Waals surface area contributed by atoms with Crippen molar-refractivity contribution in [3.8, 4) is 0 Å². The first-order chi connectivity index (χ1) is 7.76. The minimum atomic E-state index is -4.44. The smallest absolute Gasteiger partial charge is 0.346 e. The first-order valence-corrected chi connectivity index (χ1v) is 5.17. The number of hydrogen-bond donors (Lipinski definition) is 1. The molecule has 0 aliphatic carbocycles. The van der Waals surface area contributed by atoms with Crippen LogP contribution in [0.4, 0.5) is 13.2 Å². The van der Waals surface area contributed by atoms with Crippen molar-refractivity contribution in [2.24, 2.45) is 0 Å². The molecular weight excluding hydrogens is 278 g/mol. The molecule has 1 aromatic rings. The largest absolute Gasteiger partial charge is 0.405 e. The Kier molecular flexibility index (Phi) is 4.65. The number of carbonyl (C=O) groups excluding carboxylic acids is 1. The zero-order valence-electron chi connectivity index (χ0n) is 8.31. The predicted molar refractivity (Wildman–Crippen MR) is 58.9 cm³/mol. The molecule has 0 heterocycles. The summed E-state index contributed by atoms with van der Waals surface area (Å²) in [5.41, 5.74) is 0.335. The molecule has 0 unspecified atom stereocenters. The highest BCUT2D eigenvalue weighted by atomic mass is 35.5. The molecule has 1 N–H and O–H groups in total. The Balaban J connectivity index is 2.56. The van der Waals surface area contributed by atoms with Crippen LogP contribution in [0.3, 0.4) is 0 Å². The summed E-state index contributed by atoms with van der Waals surface area (Å²) in [6, 6.07) is 4.29. The van der Waals surface area contributed by atoms with E-state index in [1.54, 1.807) is 5.32 Å². The van der Waals surface area contributed by atoms with Gasteiger partial charge in [-0.3, -0.25) is 4.79 Å². The summed E-state index contributed by atoms with van der Waals surface area (Å²) < 4.78 is 35.4. The number of carbonyl (C=O) groups is 1. The van der Waals surface area contributed by atoms with Gasteiger partial charge in [-0.1, -0.05) is 23.2 Å². The molecule has 2 nitrogen and oxygen atoms in total. The van der Waals surface area contributed by atoms with Crippen molar-refractivity contribution in [2.45, 2.75) is 6.18 Å². The van der Waals surface area contributed by atoms with Crippen LogP contribution in [0.5, 0.6) is 0 Å². The second-order valence-electron chi connectivity index (χ2n) is 3.18. The fourth-order valence-corrected chi connectivity index (χ4v) is 1.59. The van der Waals surface area contributed by atoms with Crippen molar-refractivity contribution < 1.29 is 18.0 Å². The Bertz CT molecular complexity index is 400. The number of nitrogens with one attached hydrogen (secondary N) is 1. The highest BCUT2D eigenvalue weighted by Crippen LogP contribution is 2.20. The molecule has 0 aliphatic rings. The number of rotatable bonds is 3. The standard InChI is InChI=1S/C10H7Cl2F3NO/c11-7-1-6(2-8(12)4-7)3-9(17)16-5-10(13,14)15/h1-4H,5H2,(H,16,17). The lowest BCUT2D eigenvalue weighted by atomic mass is 10.1. The van der Waals surface area contributed by atoms with Gasteiger partial charge < -0.3 is 5.32 Å². The van der Waals surface area contributed by atoms with Crippen molar-refractivity contribution in [1.29, 1.82) is 0 Å². The van der Waals surface area contributed by atoms with Crippen LogP contribution in [0.15, 0.2) is 18.2 Å².